The van der Waals surface area contributed by atoms with E-state index < -0.39 is 0 Å². The van der Waals surface area contributed by atoms with Crippen LogP contribution in [0.25, 0.3) is 0 Å². The smallest absolute Gasteiger partial charge is 0.132 e. The van der Waals surface area contributed by atoms with Gasteiger partial charge in [0.1, 0.15) is 11.5 Å². The van der Waals surface area contributed by atoms with Crippen molar-refractivity contribution in [2.24, 2.45) is 0 Å². The SMILES string of the molecule is C#Cc1cc(N)cc(N2CCNCC2)n1. The van der Waals surface area contributed by atoms with Crippen molar-refractivity contribution < 1.29 is 0 Å². The average Bonchev–Trinajstić information content (AvgIpc) is 2.29. The van der Waals surface area contributed by atoms with Crippen LogP contribution in [-0.4, -0.2) is 31.2 Å². The predicted molar refractivity (Wildman–Crippen MR) is 61.7 cm³/mol. The van der Waals surface area contributed by atoms with Gasteiger partial charge in [-0.2, -0.15) is 0 Å². The molecule has 0 amide bonds. The molecular formula is C11H14N4. The molecule has 2 heterocycles. The Hall–Kier alpha value is -1.73. The van der Waals surface area contributed by atoms with Crippen LogP contribution in [-0.2, 0) is 0 Å². The van der Waals surface area contributed by atoms with E-state index in [-0.39, 0.29) is 0 Å². The number of rotatable bonds is 1. The van der Waals surface area contributed by atoms with E-state index >= 15 is 0 Å². The van der Waals surface area contributed by atoms with Gasteiger partial charge in [0.2, 0.25) is 0 Å². The molecule has 0 unspecified atom stereocenters. The predicted octanol–water partition coefficient (Wildman–Crippen LogP) is 0.0547. The van der Waals surface area contributed by atoms with Gasteiger partial charge in [0, 0.05) is 37.9 Å². The van der Waals surface area contributed by atoms with E-state index in [1.165, 1.54) is 0 Å². The lowest BCUT2D eigenvalue weighted by atomic mass is 10.3. The van der Waals surface area contributed by atoms with Gasteiger partial charge in [0.05, 0.1) is 0 Å². The third kappa shape index (κ3) is 2.20. The maximum atomic E-state index is 5.76. The molecule has 1 saturated heterocycles. The highest BCUT2D eigenvalue weighted by Crippen LogP contribution is 2.16. The lowest BCUT2D eigenvalue weighted by molar-refractivity contribution is 0.585. The summed E-state index contributed by atoms with van der Waals surface area (Å²) in [5, 5.41) is 3.29. The van der Waals surface area contributed by atoms with Crippen molar-refractivity contribution in [2.75, 3.05) is 36.8 Å². The molecule has 78 valence electrons. The monoisotopic (exact) mass is 202 g/mol. The maximum absolute atomic E-state index is 5.76. The second kappa shape index (κ2) is 4.20. The van der Waals surface area contributed by atoms with Crippen molar-refractivity contribution >= 4 is 11.5 Å². The number of pyridine rings is 1. The van der Waals surface area contributed by atoms with Crippen LogP contribution < -0.4 is 16.0 Å². The second-order valence-corrected chi connectivity index (χ2v) is 3.53. The molecule has 4 heteroatoms. The Balaban J connectivity index is 2.27. The van der Waals surface area contributed by atoms with Crippen molar-refractivity contribution in [3.8, 4) is 12.3 Å². The van der Waals surface area contributed by atoms with Gasteiger partial charge in [-0.3, -0.25) is 0 Å². The normalized spacial score (nSPS) is 16.1. The summed E-state index contributed by atoms with van der Waals surface area (Å²) in [4.78, 5) is 6.55. The topological polar surface area (TPSA) is 54.2 Å². The summed E-state index contributed by atoms with van der Waals surface area (Å²) >= 11 is 0. The van der Waals surface area contributed by atoms with Crippen LogP contribution >= 0.6 is 0 Å². The van der Waals surface area contributed by atoms with Crippen molar-refractivity contribution in [1.29, 1.82) is 0 Å². The zero-order valence-corrected chi connectivity index (χ0v) is 8.53. The third-order valence-corrected chi connectivity index (χ3v) is 2.42. The first-order valence-electron chi connectivity index (χ1n) is 4.99. The number of anilines is 2. The van der Waals surface area contributed by atoms with E-state index in [0.29, 0.717) is 11.4 Å². The Morgan fingerprint density at radius 2 is 2.13 bits per heavy atom. The standard InChI is InChI=1S/C11H14N4/c1-2-10-7-9(12)8-11(14-10)15-5-3-13-4-6-15/h1,7-8,13H,3-6H2,(H2,12,14). The zero-order valence-electron chi connectivity index (χ0n) is 8.53. The molecule has 0 radical (unpaired) electrons. The minimum Gasteiger partial charge on any atom is -0.399 e. The first-order valence-corrected chi connectivity index (χ1v) is 4.99. The highest BCUT2D eigenvalue weighted by Gasteiger charge is 2.12. The zero-order chi connectivity index (χ0) is 10.7. The lowest BCUT2D eigenvalue weighted by Gasteiger charge is -2.28. The lowest BCUT2D eigenvalue weighted by Crippen LogP contribution is -2.43. The molecule has 0 aromatic carbocycles. The number of nitrogens with one attached hydrogen (secondary N) is 1. The fraction of sp³-hybridized carbons (Fsp3) is 0.364. The largest absolute Gasteiger partial charge is 0.399 e. The Morgan fingerprint density at radius 3 is 2.80 bits per heavy atom. The van der Waals surface area contributed by atoms with Gasteiger partial charge >= 0.3 is 0 Å². The van der Waals surface area contributed by atoms with E-state index in [2.05, 4.69) is 21.1 Å². The van der Waals surface area contributed by atoms with Gasteiger partial charge in [-0.15, -0.1) is 6.42 Å². The molecule has 1 aliphatic heterocycles. The number of hydrogen-bond acceptors (Lipinski definition) is 4. The molecule has 1 fully saturated rings. The molecule has 1 aromatic rings. The fourth-order valence-electron chi connectivity index (χ4n) is 1.67. The second-order valence-electron chi connectivity index (χ2n) is 3.53. The first kappa shape index (κ1) is 9.81. The Kier molecular flexibility index (Phi) is 2.75. The maximum Gasteiger partial charge on any atom is 0.132 e. The number of piperazine rings is 1. The summed E-state index contributed by atoms with van der Waals surface area (Å²) in [5.74, 6) is 3.39. The van der Waals surface area contributed by atoms with Crippen molar-refractivity contribution in [3.63, 3.8) is 0 Å². The van der Waals surface area contributed by atoms with E-state index in [1.807, 2.05) is 6.07 Å². The van der Waals surface area contributed by atoms with Crippen LogP contribution in [0, 0.1) is 12.3 Å². The van der Waals surface area contributed by atoms with Crippen LogP contribution in [0.5, 0.6) is 0 Å². The van der Waals surface area contributed by atoms with Gasteiger partial charge < -0.3 is 16.0 Å². The molecule has 4 nitrogen and oxygen atoms in total. The minimum atomic E-state index is 0.600. The van der Waals surface area contributed by atoms with E-state index in [4.69, 9.17) is 12.2 Å². The average molecular weight is 202 g/mol. The van der Waals surface area contributed by atoms with Gasteiger partial charge in [0.25, 0.3) is 0 Å². The van der Waals surface area contributed by atoms with Gasteiger partial charge in [-0.05, 0) is 6.07 Å². The molecule has 2 rings (SSSR count). The number of nitrogens with zero attached hydrogens (tertiary/aromatic N) is 2. The summed E-state index contributed by atoms with van der Waals surface area (Å²) in [6.45, 7) is 3.84. The Bertz CT molecular complexity index is 388. The van der Waals surface area contributed by atoms with Crippen LogP contribution in [0.1, 0.15) is 5.69 Å². The number of nitrogens with two attached hydrogens (primary N) is 1. The molecule has 0 aliphatic carbocycles. The number of aromatic nitrogens is 1. The molecule has 1 aliphatic rings. The van der Waals surface area contributed by atoms with Crippen molar-refractivity contribution in [1.82, 2.24) is 10.3 Å². The Labute approximate surface area is 89.5 Å². The first-order chi connectivity index (χ1) is 7.29. The van der Waals surface area contributed by atoms with Crippen molar-refractivity contribution in [3.05, 3.63) is 17.8 Å². The van der Waals surface area contributed by atoms with Gasteiger partial charge in [0.15, 0.2) is 0 Å². The van der Waals surface area contributed by atoms with E-state index in [1.54, 1.807) is 6.07 Å². The minimum absolute atomic E-state index is 0.600. The molecule has 3 N–H and O–H groups in total. The molecule has 0 atom stereocenters. The van der Waals surface area contributed by atoms with E-state index in [0.717, 1.165) is 32.0 Å². The highest BCUT2D eigenvalue weighted by atomic mass is 15.2. The van der Waals surface area contributed by atoms with Crippen LogP contribution in [0.3, 0.4) is 0 Å². The van der Waals surface area contributed by atoms with Gasteiger partial charge in [-0.1, -0.05) is 5.92 Å². The number of hydrogen-bond donors (Lipinski definition) is 2. The summed E-state index contributed by atoms with van der Waals surface area (Å²) < 4.78 is 0. The van der Waals surface area contributed by atoms with Crippen molar-refractivity contribution in [2.45, 2.75) is 0 Å². The summed E-state index contributed by atoms with van der Waals surface area (Å²) in [7, 11) is 0. The highest BCUT2D eigenvalue weighted by molar-refractivity contribution is 5.54. The number of nitrogen functional groups attached to an aromatic ring is 1. The van der Waals surface area contributed by atoms with Crippen LogP contribution in [0.4, 0.5) is 11.5 Å². The Morgan fingerprint density at radius 1 is 1.40 bits per heavy atom. The summed E-state index contributed by atoms with van der Waals surface area (Å²) in [6.07, 6.45) is 5.32. The molecule has 0 spiro atoms. The summed E-state index contributed by atoms with van der Waals surface area (Å²) in [5.41, 5.74) is 7.04. The van der Waals surface area contributed by atoms with Crippen LogP contribution in [0.2, 0.25) is 0 Å². The third-order valence-electron chi connectivity index (χ3n) is 2.42. The molecular weight excluding hydrogens is 188 g/mol. The quantitative estimate of drug-likeness (QED) is 0.632. The summed E-state index contributed by atoms with van der Waals surface area (Å²) in [6, 6.07) is 3.58. The number of terminal acetylenes is 1. The molecule has 0 saturated carbocycles. The van der Waals surface area contributed by atoms with Gasteiger partial charge in [-0.25, -0.2) is 4.98 Å². The molecule has 15 heavy (non-hydrogen) atoms. The molecule has 1 aromatic heterocycles. The molecule has 0 bridgehead atoms. The fourth-order valence-corrected chi connectivity index (χ4v) is 1.67. The van der Waals surface area contributed by atoms with E-state index in [9.17, 15) is 0 Å². The van der Waals surface area contributed by atoms with Crippen LogP contribution in [0.15, 0.2) is 12.1 Å².